The second-order valence-electron chi connectivity index (χ2n) is 6.80. The normalized spacial score (nSPS) is 19.6. The zero-order valence-corrected chi connectivity index (χ0v) is 17.8. The van der Waals surface area contributed by atoms with Gasteiger partial charge in [-0.05, 0) is 56.1 Å². The molecule has 2 aromatic rings. The number of halogens is 1. The van der Waals surface area contributed by atoms with Crippen LogP contribution in [0.5, 0.6) is 0 Å². The second-order valence-corrected chi connectivity index (χ2v) is 8.95. The first-order chi connectivity index (χ1) is 11.7. The molecule has 26 heavy (non-hydrogen) atoms. The van der Waals surface area contributed by atoms with Crippen molar-refractivity contribution in [3.63, 3.8) is 0 Å². The number of sulfonamides is 1. The van der Waals surface area contributed by atoms with E-state index in [1.165, 1.54) is 22.9 Å². The molecule has 2 aromatic carbocycles. The molecule has 0 spiro atoms. The van der Waals surface area contributed by atoms with Gasteiger partial charge >= 0.3 is 0 Å². The molecule has 0 saturated carbocycles. The zero-order chi connectivity index (χ0) is 18.2. The van der Waals surface area contributed by atoms with Gasteiger partial charge in [0.25, 0.3) is 0 Å². The zero-order valence-electron chi connectivity index (χ0n) is 15.0. The van der Waals surface area contributed by atoms with Gasteiger partial charge in [-0.15, -0.1) is 23.2 Å². The van der Waals surface area contributed by atoms with Gasteiger partial charge in [0, 0.05) is 29.1 Å². The first kappa shape index (κ1) is 21.3. The maximum atomic E-state index is 11.6. The predicted molar refractivity (Wildman–Crippen MR) is 103 cm³/mol. The molecule has 0 saturated heterocycles. The maximum Gasteiger partial charge on any atom is 0.229 e. The van der Waals surface area contributed by atoms with Crippen LogP contribution in [0.4, 0.5) is 5.69 Å². The van der Waals surface area contributed by atoms with E-state index in [0.717, 1.165) is 12.8 Å². The van der Waals surface area contributed by atoms with Crippen LogP contribution in [0.2, 0.25) is 5.02 Å². The van der Waals surface area contributed by atoms with Crippen LogP contribution in [-0.4, -0.2) is 33.7 Å². The average molecular weight is 430 g/mol. The third-order valence-corrected chi connectivity index (χ3v) is 5.49. The Bertz CT molecular complexity index is 887. The monoisotopic (exact) mass is 429 g/mol. The molecule has 0 heterocycles. The van der Waals surface area contributed by atoms with Crippen molar-refractivity contribution in [3.05, 3.63) is 64.2 Å². The van der Waals surface area contributed by atoms with Gasteiger partial charge < -0.3 is 4.90 Å². The minimum absolute atomic E-state index is 0. The molecule has 0 unspecified atom stereocenters. The topological polar surface area (TPSA) is 49.4 Å². The standard InChI is InChI=1S/C19H22ClN2O2S.Cr/c1-22(2)19-10-9-16(13-5-4-6-14(20)11-13)17-8-7-15(12-18(17)19)21-25(3,23)24;/h4-5,7-8,11-12,16,19,21H,9-10H2,1-3H3;/q-1;/t16-,19-;/m0./s1. The summed E-state index contributed by atoms with van der Waals surface area (Å²) in [5.41, 5.74) is 4.17. The van der Waals surface area contributed by atoms with Crippen LogP contribution >= 0.6 is 11.6 Å². The Hall–Kier alpha value is -1.03. The third-order valence-electron chi connectivity index (χ3n) is 4.67. The van der Waals surface area contributed by atoms with E-state index in [1.807, 2.05) is 30.3 Å². The van der Waals surface area contributed by atoms with Crippen LogP contribution in [0.25, 0.3) is 0 Å². The van der Waals surface area contributed by atoms with Gasteiger partial charge in [-0.1, -0.05) is 11.1 Å². The summed E-state index contributed by atoms with van der Waals surface area (Å²) in [7, 11) is 0.813. The summed E-state index contributed by atoms with van der Waals surface area (Å²) in [5, 5.41) is 0.615. The molecule has 0 aromatic heterocycles. The second kappa shape index (κ2) is 8.33. The van der Waals surface area contributed by atoms with Crippen LogP contribution in [0.3, 0.4) is 0 Å². The molecule has 1 aliphatic carbocycles. The van der Waals surface area contributed by atoms with Crippen molar-refractivity contribution in [3.8, 4) is 0 Å². The summed E-state index contributed by atoms with van der Waals surface area (Å²) < 4.78 is 25.7. The predicted octanol–water partition coefficient (Wildman–Crippen LogP) is 4.04. The first-order valence-electron chi connectivity index (χ1n) is 8.20. The van der Waals surface area contributed by atoms with Crippen molar-refractivity contribution in [2.45, 2.75) is 24.8 Å². The van der Waals surface area contributed by atoms with Gasteiger partial charge in [-0.25, -0.2) is 8.42 Å². The van der Waals surface area contributed by atoms with Gasteiger partial charge in [0.2, 0.25) is 10.0 Å². The van der Waals surface area contributed by atoms with Gasteiger partial charge in [-0.3, -0.25) is 4.72 Å². The van der Waals surface area contributed by atoms with Gasteiger partial charge in [-0.2, -0.15) is 18.2 Å². The van der Waals surface area contributed by atoms with E-state index in [0.29, 0.717) is 10.7 Å². The fourth-order valence-corrected chi connectivity index (χ4v) is 4.39. The van der Waals surface area contributed by atoms with Crippen LogP contribution in [-0.2, 0) is 27.4 Å². The van der Waals surface area contributed by atoms with Gasteiger partial charge in [0.1, 0.15) is 0 Å². The summed E-state index contributed by atoms with van der Waals surface area (Å²) in [5.74, 6) is 0.255. The number of fused-ring (bicyclic) bond motifs is 1. The fourth-order valence-electron chi connectivity index (χ4n) is 3.65. The summed E-state index contributed by atoms with van der Waals surface area (Å²) in [6, 6.07) is 14.9. The number of anilines is 1. The Morgan fingerprint density at radius 1 is 1.15 bits per heavy atom. The molecule has 1 aliphatic rings. The van der Waals surface area contributed by atoms with Crippen molar-refractivity contribution >= 4 is 27.3 Å². The average Bonchev–Trinajstić information content (AvgIpc) is 2.52. The van der Waals surface area contributed by atoms with Crippen LogP contribution in [0.1, 0.15) is 41.5 Å². The summed E-state index contributed by atoms with van der Waals surface area (Å²) in [4.78, 5) is 2.19. The van der Waals surface area contributed by atoms with Crippen LogP contribution in [0, 0.1) is 6.07 Å². The maximum absolute atomic E-state index is 11.6. The van der Waals surface area contributed by atoms with Crippen molar-refractivity contribution in [1.82, 2.24) is 4.90 Å². The molecule has 140 valence electrons. The molecule has 2 atom stereocenters. The molecule has 0 aliphatic heterocycles. The smallest absolute Gasteiger partial charge is 0.229 e. The van der Waals surface area contributed by atoms with Gasteiger partial charge in [0.05, 0.1) is 6.26 Å². The Morgan fingerprint density at radius 3 is 2.50 bits per heavy atom. The molecule has 0 bridgehead atoms. The molecule has 1 N–H and O–H groups in total. The van der Waals surface area contributed by atoms with Crippen molar-refractivity contribution in [2.75, 3.05) is 25.1 Å². The van der Waals surface area contributed by atoms with E-state index in [1.54, 1.807) is 0 Å². The molecule has 3 rings (SSSR count). The molecule has 0 amide bonds. The Balaban J connectivity index is 0.00000243. The van der Waals surface area contributed by atoms with E-state index in [2.05, 4.69) is 35.9 Å². The Morgan fingerprint density at radius 2 is 1.88 bits per heavy atom. The number of nitrogens with zero attached hydrogens (tertiary/aromatic N) is 1. The minimum atomic E-state index is -3.30. The number of hydrogen-bond acceptors (Lipinski definition) is 3. The first-order valence-corrected chi connectivity index (χ1v) is 10.5. The molecule has 7 heteroatoms. The van der Waals surface area contributed by atoms with Crippen LogP contribution < -0.4 is 4.72 Å². The van der Waals surface area contributed by atoms with Crippen molar-refractivity contribution in [2.24, 2.45) is 0 Å². The van der Waals surface area contributed by atoms with E-state index >= 15 is 0 Å². The number of nitrogens with one attached hydrogen (secondary N) is 1. The number of benzene rings is 2. The van der Waals surface area contributed by atoms with E-state index in [4.69, 9.17) is 11.6 Å². The summed E-state index contributed by atoms with van der Waals surface area (Å²) >= 11 is 6.13. The van der Waals surface area contributed by atoms with E-state index in [-0.39, 0.29) is 29.3 Å². The molecule has 4 nitrogen and oxygen atoms in total. The van der Waals surface area contributed by atoms with E-state index < -0.39 is 10.0 Å². The van der Waals surface area contributed by atoms with Crippen molar-refractivity contribution < 1.29 is 25.8 Å². The molecular formula is C19H22ClCrN2O2S-. The summed E-state index contributed by atoms with van der Waals surface area (Å²) in [6.07, 6.45) is 3.19. The number of hydrogen-bond donors (Lipinski definition) is 1. The molecule has 0 fully saturated rings. The molecule has 0 radical (unpaired) electrons. The third kappa shape index (κ3) is 4.82. The summed E-state index contributed by atoms with van der Waals surface area (Å²) in [6.45, 7) is 0. The van der Waals surface area contributed by atoms with Crippen molar-refractivity contribution in [1.29, 1.82) is 0 Å². The fraction of sp³-hybridized carbons (Fsp3) is 0.368. The van der Waals surface area contributed by atoms with Crippen LogP contribution in [0.15, 0.2) is 36.4 Å². The minimum Gasteiger partial charge on any atom is -0.302 e. The van der Waals surface area contributed by atoms with E-state index in [9.17, 15) is 8.42 Å². The quantitative estimate of drug-likeness (QED) is 0.746. The SMILES string of the molecule is CN(C)[C@H]1CC[C@@H](c2cc[c-]c(Cl)c2)c2ccc(NS(C)(=O)=O)cc21.[Cr]. The Labute approximate surface area is 171 Å². The largest absolute Gasteiger partial charge is 0.302 e. The Kier molecular flexibility index (Phi) is 6.82. The molecular weight excluding hydrogens is 408 g/mol. The number of rotatable bonds is 4. The van der Waals surface area contributed by atoms with Gasteiger partial charge in [0.15, 0.2) is 0 Å².